The molecular weight excluding hydrogens is 274 g/mol. The maximum Gasteiger partial charge on any atom is 0.325 e. The first kappa shape index (κ1) is 14.8. The van der Waals surface area contributed by atoms with Crippen LogP contribution in [-0.4, -0.2) is 32.4 Å². The molecular formula is C13H17N5O3. The highest BCUT2D eigenvalue weighted by atomic mass is 16.2. The molecule has 0 spiro atoms. The molecule has 1 amide bonds. The van der Waals surface area contributed by atoms with E-state index in [0.29, 0.717) is 24.2 Å². The van der Waals surface area contributed by atoms with Crippen molar-refractivity contribution in [1.82, 2.24) is 25.3 Å². The maximum absolute atomic E-state index is 11.7. The lowest BCUT2D eigenvalue weighted by atomic mass is 10.1. The van der Waals surface area contributed by atoms with Gasteiger partial charge in [0, 0.05) is 42.5 Å². The molecule has 112 valence electrons. The molecule has 0 unspecified atom stereocenters. The third kappa shape index (κ3) is 4.16. The molecule has 0 aromatic carbocycles. The quantitative estimate of drug-likeness (QED) is 0.566. The molecule has 8 nitrogen and oxygen atoms in total. The Labute approximate surface area is 120 Å². The Kier molecular flexibility index (Phi) is 4.70. The van der Waals surface area contributed by atoms with Gasteiger partial charge < -0.3 is 15.3 Å². The first-order valence-electron chi connectivity index (χ1n) is 6.62. The fraction of sp³-hybridized carbons (Fsp3) is 0.385. The largest absolute Gasteiger partial charge is 0.356 e. The van der Waals surface area contributed by atoms with Gasteiger partial charge in [0.1, 0.15) is 0 Å². The molecule has 8 heteroatoms. The molecule has 4 N–H and O–H groups in total. The van der Waals surface area contributed by atoms with Crippen LogP contribution in [0.2, 0.25) is 0 Å². The standard InChI is InChI=1S/C13H17N5O3/c1-8-10(12(20)18-13(21)17-8)2-3-11(19)15-5-4-9-6-14-7-16-9/h6-7H,2-5H2,1H3,(H,14,16)(H,15,19)(H2,17,18,20,21). The van der Waals surface area contributed by atoms with Crippen LogP contribution in [0.15, 0.2) is 22.1 Å². The van der Waals surface area contributed by atoms with Gasteiger partial charge in [0.2, 0.25) is 5.91 Å². The van der Waals surface area contributed by atoms with E-state index in [4.69, 9.17) is 0 Å². The van der Waals surface area contributed by atoms with Gasteiger partial charge >= 0.3 is 5.69 Å². The van der Waals surface area contributed by atoms with E-state index < -0.39 is 11.2 Å². The summed E-state index contributed by atoms with van der Waals surface area (Å²) in [6, 6.07) is 0. The molecule has 0 atom stereocenters. The molecule has 2 rings (SSSR count). The van der Waals surface area contributed by atoms with Gasteiger partial charge in [-0.25, -0.2) is 9.78 Å². The van der Waals surface area contributed by atoms with Crippen molar-refractivity contribution in [3.63, 3.8) is 0 Å². The number of carbonyl (C=O) groups is 1. The molecule has 2 aromatic rings. The molecule has 2 heterocycles. The van der Waals surface area contributed by atoms with E-state index in [1.807, 2.05) is 0 Å². The predicted octanol–water partition coefficient (Wildman–Crippen LogP) is -0.614. The molecule has 0 aliphatic heterocycles. The number of aromatic nitrogens is 4. The first-order chi connectivity index (χ1) is 10.1. The normalized spacial score (nSPS) is 10.5. The smallest absolute Gasteiger partial charge is 0.325 e. The Morgan fingerprint density at radius 2 is 2.10 bits per heavy atom. The van der Waals surface area contributed by atoms with E-state index in [1.54, 1.807) is 19.4 Å². The summed E-state index contributed by atoms with van der Waals surface area (Å²) in [6.07, 6.45) is 4.44. The Bertz CT molecular complexity index is 714. The number of nitrogens with zero attached hydrogens (tertiary/aromatic N) is 1. The van der Waals surface area contributed by atoms with Crippen LogP contribution in [-0.2, 0) is 17.6 Å². The Balaban J connectivity index is 1.81. The summed E-state index contributed by atoms with van der Waals surface area (Å²) in [5.74, 6) is -0.139. The highest BCUT2D eigenvalue weighted by molar-refractivity contribution is 5.76. The Morgan fingerprint density at radius 3 is 2.76 bits per heavy atom. The van der Waals surface area contributed by atoms with E-state index in [2.05, 4.69) is 25.3 Å². The summed E-state index contributed by atoms with van der Waals surface area (Å²) >= 11 is 0. The topological polar surface area (TPSA) is 124 Å². The van der Waals surface area contributed by atoms with Gasteiger partial charge in [-0.2, -0.15) is 0 Å². The summed E-state index contributed by atoms with van der Waals surface area (Å²) in [5.41, 5.74) is 0.891. The number of aromatic amines is 3. The van der Waals surface area contributed by atoms with Gasteiger partial charge in [-0.15, -0.1) is 0 Å². The van der Waals surface area contributed by atoms with Crippen molar-refractivity contribution in [2.24, 2.45) is 0 Å². The SMILES string of the molecule is Cc1[nH]c(=O)[nH]c(=O)c1CCC(=O)NCCc1cnc[nH]1. The average Bonchev–Trinajstić information content (AvgIpc) is 2.90. The fourth-order valence-corrected chi connectivity index (χ4v) is 2.01. The zero-order chi connectivity index (χ0) is 15.2. The summed E-state index contributed by atoms with van der Waals surface area (Å²) in [4.78, 5) is 45.9. The van der Waals surface area contributed by atoms with Crippen molar-refractivity contribution in [3.05, 3.63) is 50.3 Å². The van der Waals surface area contributed by atoms with Crippen molar-refractivity contribution in [1.29, 1.82) is 0 Å². The third-order valence-electron chi connectivity index (χ3n) is 3.13. The predicted molar refractivity (Wildman–Crippen MR) is 76.0 cm³/mol. The number of amides is 1. The summed E-state index contributed by atoms with van der Waals surface area (Å²) in [6.45, 7) is 2.14. The van der Waals surface area contributed by atoms with Crippen molar-refractivity contribution < 1.29 is 4.79 Å². The van der Waals surface area contributed by atoms with Gasteiger partial charge in [-0.1, -0.05) is 0 Å². The summed E-state index contributed by atoms with van der Waals surface area (Å²) in [5, 5.41) is 2.77. The number of rotatable bonds is 6. The van der Waals surface area contributed by atoms with E-state index in [1.165, 1.54) is 0 Å². The number of nitrogens with one attached hydrogen (secondary N) is 4. The monoisotopic (exact) mass is 291 g/mol. The van der Waals surface area contributed by atoms with Crippen LogP contribution < -0.4 is 16.6 Å². The number of carbonyl (C=O) groups excluding carboxylic acids is 1. The van der Waals surface area contributed by atoms with Crippen molar-refractivity contribution in [2.75, 3.05) is 6.54 Å². The van der Waals surface area contributed by atoms with Crippen molar-refractivity contribution in [3.8, 4) is 0 Å². The Hall–Kier alpha value is -2.64. The molecule has 2 aromatic heterocycles. The molecule has 0 radical (unpaired) electrons. The minimum absolute atomic E-state index is 0.139. The van der Waals surface area contributed by atoms with Crippen LogP contribution in [0.1, 0.15) is 23.4 Å². The molecule has 0 aliphatic carbocycles. The molecule has 0 fully saturated rings. The molecule has 0 aliphatic rings. The van der Waals surface area contributed by atoms with Gasteiger partial charge in [0.05, 0.1) is 6.33 Å². The lowest BCUT2D eigenvalue weighted by Gasteiger charge is -2.05. The highest BCUT2D eigenvalue weighted by Gasteiger charge is 2.08. The van der Waals surface area contributed by atoms with Crippen LogP contribution in [0.4, 0.5) is 0 Å². The average molecular weight is 291 g/mol. The summed E-state index contributed by atoms with van der Waals surface area (Å²) < 4.78 is 0. The number of H-pyrrole nitrogens is 3. The van der Waals surface area contributed by atoms with E-state index >= 15 is 0 Å². The van der Waals surface area contributed by atoms with Crippen LogP contribution in [0, 0.1) is 6.92 Å². The second kappa shape index (κ2) is 6.69. The Morgan fingerprint density at radius 1 is 1.29 bits per heavy atom. The van der Waals surface area contributed by atoms with E-state index in [-0.39, 0.29) is 18.7 Å². The van der Waals surface area contributed by atoms with Crippen molar-refractivity contribution >= 4 is 5.91 Å². The number of hydrogen-bond acceptors (Lipinski definition) is 4. The number of imidazole rings is 1. The minimum atomic E-state index is -0.537. The lowest BCUT2D eigenvalue weighted by molar-refractivity contribution is -0.121. The zero-order valence-electron chi connectivity index (χ0n) is 11.7. The van der Waals surface area contributed by atoms with Crippen LogP contribution >= 0.6 is 0 Å². The highest BCUT2D eigenvalue weighted by Crippen LogP contribution is 2.00. The van der Waals surface area contributed by atoms with E-state index in [9.17, 15) is 14.4 Å². The van der Waals surface area contributed by atoms with Gasteiger partial charge in [0.15, 0.2) is 0 Å². The van der Waals surface area contributed by atoms with Crippen molar-refractivity contribution in [2.45, 2.75) is 26.2 Å². The lowest BCUT2D eigenvalue weighted by Crippen LogP contribution is -2.29. The zero-order valence-corrected chi connectivity index (χ0v) is 11.7. The van der Waals surface area contributed by atoms with E-state index in [0.717, 1.165) is 5.69 Å². The van der Waals surface area contributed by atoms with Gasteiger partial charge in [0.25, 0.3) is 5.56 Å². The molecule has 21 heavy (non-hydrogen) atoms. The van der Waals surface area contributed by atoms with Crippen LogP contribution in [0.5, 0.6) is 0 Å². The minimum Gasteiger partial charge on any atom is -0.356 e. The maximum atomic E-state index is 11.7. The van der Waals surface area contributed by atoms with Gasteiger partial charge in [-0.05, 0) is 13.3 Å². The molecule has 0 saturated carbocycles. The second-order valence-electron chi connectivity index (χ2n) is 4.69. The number of hydrogen-bond donors (Lipinski definition) is 4. The van der Waals surface area contributed by atoms with Crippen LogP contribution in [0.25, 0.3) is 0 Å². The van der Waals surface area contributed by atoms with Crippen LogP contribution in [0.3, 0.4) is 0 Å². The van der Waals surface area contributed by atoms with Gasteiger partial charge in [-0.3, -0.25) is 14.6 Å². The first-order valence-corrected chi connectivity index (χ1v) is 6.62. The molecule has 0 saturated heterocycles. The number of aryl methyl sites for hydroxylation is 1. The summed E-state index contributed by atoms with van der Waals surface area (Å²) in [7, 11) is 0. The second-order valence-corrected chi connectivity index (χ2v) is 4.69. The third-order valence-corrected chi connectivity index (χ3v) is 3.13. The molecule has 0 bridgehead atoms. The fourth-order valence-electron chi connectivity index (χ4n) is 2.01.